The summed E-state index contributed by atoms with van der Waals surface area (Å²) in [7, 11) is 0. The number of nitrogen functional groups attached to an aromatic ring is 1. The molecule has 1 rings (SSSR count). The van der Waals surface area contributed by atoms with Crippen molar-refractivity contribution in [3.63, 3.8) is 0 Å². The number of ether oxygens (including phenoxy) is 1. The average molecular weight is 286 g/mol. The van der Waals surface area contributed by atoms with Crippen LogP contribution < -0.4 is 5.73 Å². The van der Waals surface area contributed by atoms with Crippen LogP contribution in [0.15, 0.2) is 24.3 Å². The summed E-state index contributed by atoms with van der Waals surface area (Å²) < 4.78 is 17.1. The van der Waals surface area contributed by atoms with Gasteiger partial charge in [-0.3, -0.25) is 4.90 Å². The predicted octanol–water partition coefficient (Wildman–Crippen LogP) is 2.37. The number of hydrogen-bond donors (Lipinski definition) is 1. The minimum absolute atomic E-state index is 0.300. The van der Waals surface area contributed by atoms with E-state index in [4.69, 9.17) is 10.5 Å². The first-order valence-electron chi connectivity index (χ1n) is 6.16. The molecule has 1 aromatic rings. The molecule has 106 valence electrons. The first-order valence-corrected chi connectivity index (χ1v) is 7.04. The van der Waals surface area contributed by atoms with Crippen LogP contribution in [0.25, 0.3) is 0 Å². The van der Waals surface area contributed by atoms with Gasteiger partial charge in [0.1, 0.15) is 6.61 Å². The van der Waals surface area contributed by atoms with Gasteiger partial charge < -0.3 is 10.5 Å². The van der Waals surface area contributed by atoms with Gasteiger partial charge in [-0.2, -0.15) is 3.89 Å². The van der Waals surface area contributed by atoms with Crippen LogP contribution in [0.2, 0.25) is 0 Å². The third-order valence-electron chi connectivity index (χ3n) is 2.72. The van der Waals surface area contributed by atoms with Crippen molar-refractivity contribution in [1.82, 2.24) is 4.90 Å². The summed E-state index contributed by atoms with van der Waals surface area (Å²) in [6.07, 6.45) is 0. The Kier molecular flexibility index (Phi) is 7.28. The van der Waals surface area contributed by atoms with Gasteiger partial charge in [-0.25, -0.2) is 4.79 Å². The topological polar surface area (TPSA) is 55.6 Å². The molecule has 0 heterocycles. The summed E-state index contributed by atoms with van der Waals surface area (Å²) in [4.78, 5) is 13.7. The van der Waals surface area contributed by atoms with Crippen molar-refractivity contribution in [3.05, 3.63) is 29.8 Å². The van der Waals surface area contributed by atoms with Crippen LogP contribution in [0.1, 0.15) is 17.3 Å². The molecule has 0 aliphatic carbocycles. The number of benzene rings is 1. The Morgan fingerprint density at radius 1 is 1.37 bits per heavy atom. The van der Waals surface area contributed by atoms with Crippen molar-refractivity contribution >= 4 is 23.8 Å². The smallest absolute Gasteiger partial charge is 0.338 e. The van der Waals surface area contributed by atoms with Crippen LogP contribution in [-0.4, -0.2) is 42.9 Å². The van der Waals surface area contributed by atoms with Crippen LogP contribution >= 0.6 is 12.1 Å². The Balaban J connectivity index is 2.31. The fourth-order valence-corrected chi connectivity index (χ4v) is 1.89. The number of anilines is 1. The molecule has 6 heteroatoms. The van der Waals surface area contributed by atoms with Crippen LogP contribution in [0.5, 0.6) is 0 Å². The molecule has 2 N–H and O–H groups in total. The van der Waals surface area contributed by atoms with Crippen molar-refractivity contribution < 1.29 is 13.4 Å². The maximum Gasteiger partial charge on any atom is 0.338 e. The van der Waals surface area contributed by atoms with E-state index in [1.54, 1.807) is 24.3 Å². The van der Waals surface area contributed by atoms with Crippen molar-refractivity contribution in [2.45, 2.75) is 6.92 Å². The highest BCUT2D eigenvalue weighted by Crippen LogP contribution is 2.07. The average Bonchev–Trinajstić information content (AvgIpc) is 2.43. The number of carbonyl (C=O) groups excluding carboxylic acids is 1. The standard InChI is InChI=1S/C13H19FN2O2S/c1-2-16(8-10-19-14)7-9-18-13(17)11-3-5-12(15)6-4-11/h3-6H,2,7-10,15H2,1H3. The summed E-state index contributed by atoms with van der Waals surface area (Å²) in [5, 5.41) is 0. The molecule has 0 fully saturated rings. The molecule has 0 aliphatic heterocycles. The summed E-state index contributed by atoms with van der Waals surface area (Å²) in [5.74, 6) is 0.0654. The van der Waals surface area contributed by atoms with Gasteiger partial charge in [0.15, 0.2) is 0 Å². The van der Waals surface area contributed by atoms with Crippen LogP contribution in [0.3, 0.4) is 0 Å². The van der Waals surface area contributed by atoms with E-state index in [-0.39, 0.29) is 5.97 Å². The highest BCUT2D eigenvalue weighted by atomic mass is 32.2. The molecule has 4 nitrogen and oxygen atoms in total. The van der Waals surface area contributed by atoms with E-state index in [2.05, 4.69) is 0 Å². The number of nitrogens with zero attached hydrogens (tertiary/aromatic N) is 1. The van der Waals surface area contributed by atoms with Crippen molar-refractivity contribution in [2.24, 2.45) is 0 Å². The lowest BCUT2D eigenvalue weighted by atomic mass is 10.2. The van der Waals surface area contributed by atoms with Gasteiger partial charge in [0.2, 0.25) is 0 Å². The largest absolute Gasteiger partial charge is 0.461 e. The van der Waals surface area contributed by atoms with Crippen molar-refractivity contribution in [3.8, 4) is 0 Å². The molecule has 0 aliphatic rings. The quantitative estimate of drug-likeness (QED) is 0.587. The molecular weight excluding hydrogens is 267 g/mol. The molecule has 0 unspecified atom stereocenters. The minimum atomic E-state index is -0.365. The third-order valence-corrected chi connectivity index (χ3v) is 3.06. The molecule has 0 spiro atoms. The number of likely N-dealkylation sites (N-methyl/N-ethyl adjacent to an activating group) is 1. The molecule has 1 aromatic carbocycles. The highest BCUT2D eigenvalue weighted by molar-refractivity contribution is 7.94. The van der Waals surface area contributed by atoms with Crippen LogP contribution in [0.4, 0.5) is 9.57 Å². The van der Waals surface area contributed by atoms with E-state index in [1.165, 1.54) is 0 Å². The molecule has 0 radical (unpaired) electrons. The number of rotatable bonds is 8. The number of esters is 1. The summed E-state index contributed by atoms with van der Waals surface area (Å²) >= 11 is 0.322. The molecular formula is C13H19FN2O2S. The van der Waals surface area contributed by atoms with E-state index in [0.29, 0.717) is 48.8 Å². The minimum Gasteiger partial charge on any atom is -0.461 e. The number of carbonyl (C=O) groups is 1. The van der Waals surface area contributed by atoms with Crippen molar-refractivity contribution in [2.75, 3.05) is 37.7 Å². The second-order valence-corrected chi connectivity index (χ2v) is 4.63. The maximum absolute atomic E-state index is 12.0. The van der Waals surface area contributed by atoms with Gasteiger partial charge in [0.05, 0.1) is 5.56 Å². The third kappa shape index (κ3) is 5.94. The van der Waals surface area contributed by atoms with E-state index in [0.717, 1.165) is 6.54 Å². The van der Waals surface area contributed by atoms with Crippen LogP contribution in [0, 0.1) is 0 Å². The first-order chi connectivity index (χ1) is 9.17. The van der Waals surface area contributed by atoms with Gasteiger partial charge in [-0.1, -0.05) is 6.92 Å². The molecule has 0 aromatic heterocycles. The lowest BCUT2D eigenvalue weighted by Crippen LogP contribution is -2.30. The normalized spacial score (nSPS) is 10.7. The van der Waals surface area contributed by atoms with E-state index in [1.807, 2.05) is 11.8 Å². The summed E-state index contributed by atoms with van der Waals surface area (Å²) in [6, 6.07) is 6.59. The second-order valence-electron chi connectivity index (χ2n) is 4.01. The number of halogens is 1. The zero-order valence-corrected chi connectivity index (χ0v) is 11.8. The first kappa shape index (κ1) is 15.8. The van der Waals surface area contributed by atoms with Crippen LogP contribution in [-0.2, 0) is 4.74 Å². The van der Waals surface area contributed by atoms with Gasteiger partial charge in [0.25, 0.3) is 0 Å². The molecule has 0 saturated heterocycles. The van der Waals surface area contributed by atoms with Crippen molar-refractivity contribution in [1.29, 1.82) is 0 Å². The maximum atomic E-state index is 12.0. The zero-order valence-electron chi connectivity index (χ0n) is 11.0. The van der Waals surface area contributed by atoms with Gasteiger partial charge in [-0.15, -0.1) is 0 Å². The molecule has 0 saturated carbocycles. The monoisotopic (exact) mass is 286 g/mol. The number of hydrogen-bond acceptors (Lipinski definition) is 5. The molecule has 0 bridgehead atoms. The Morgan fingerprint density at radius 2 is 2.05 bits per heavy atom. The Labute approximate surface area is 117 Å². The predicted molar refractivity (Wildman–Crippen MR) is 76.8 cm³/mol. The van der Waals surface area contributed by atoms with Gasteiger partial charge in [-0.05, 0) is 30.8 Å². The van der Waals surface area contributed by atoms with E-state index < -0.39 is 0 Å². The fraction of sp³-hybridized carbons (Fsp3) is 0.462. The molecule has 0 atom stereocenters. The lowest BCUT2D eigenvalue weighted by molar-refractivity contribution is 0.0467. The fourth-order valence-electron chi connectivity index (χ4n) is 1.56. The number of nitrogens with two attached hydrogens (primary N) is 1. The van der Waals surface area contributed by atoms with Gasteiger partial charge >= 0.3 is 5.97 Å². The Bertz CT molecular complexity index is 387. The van der Waals surface area contributed by atoms with E-state index in [9.17, 15) is 8.68 Å². The lowest BCUT2D eigenvalue weighted by Gasteiger charge is -2.18. The SMILES string of the molecule is CCN(CCOC(=O)c1ccc(N)cc1)CCSF. The Morgan fingerprint density at radius 3 is 2.63 bits per heavy atom. The molecule has 0 amide bonds. The summed E-state index contributed by atoms with van der Waals surface area (Å²) in [6.45, 7) is 4.35. The van der Waals surface area contributed by atoms with E-state index >= 15 is 0 Å². The Hall–Kier alpha value is -1.27. The highest BCUT2D eigenvalue weighted by Gasteiger charge is 2.08. The van der Waals surface area contributed by atoms with Gasteiger partial charge in [0, 0.05) is 36.7 Å². The zero-order chi connectivity index (χ0) is 14.1. The molecule has 19 heavy (non-hydrogen) atoms. The summed E-state index contributed by atoms with van der Waals surface area (Å²) in [5.41, 5.74) is 6.63. The second kappa shape index (κ2) is 8.77.